The van der Waals surface area contributed by atoms with Crippen LogP contribution in [0.25, 0.3) is 0 Å². The average molecular weight is 488 g/mol. The van der Waals surface area contributed by atoms with Gasteiger partial charge in [0, 0.05) is 18.1 Å². The van der Waals surface area contributed by atoms with Gasteiger partial charge in [0.05, 0.1) is 16.8 Å². The molecule has 0 aliphatic carbocycles. The number of aromatic nitrogens is 1. The second kappa shape index (κ2) is 10.7. The molecule has 0 atom stereocenters. The van der Waals surface area contributed by atoms with Crippen molar-refractivity contribution in [1.82, 2.24) is 4.98 Å². The molecule has 0 radical (unpaired) electrons. The van der Waals surface area contributed by atoms with E-state index in [-0.39, 0.29) is 16.1 Å². The third kappa shape index (κ3) is 6.03. The molecule has 0 fully saturated rings. The van der Waals surface area contributed by atoms with Crippen LogP contribution in [0.15, 0.2) is 65.7 Å². The summed E-state index contributed by atoms with van der Waals surface area (Å²) in [4.78, 5) is 18.4. The molecular weight excluding hydrogens is 462 g/mol. The quantitative estimate of drug-likeness (QED) is 0.400. The predicted molar refractivity (Wildman–Crippen MR) is 131 cm³/mol. The Hall–Kier alpha value is -3.10. The highest BCUT2D eigenvalue weighted by Crippen LogP contribution is 2.27. The van der Waals surface area contributed by atoms with Crippen molar-refractivity contribution in [3.8, 4) is 0 Å². The molecule has 0 spiro atoms. The van der Waals surface area contributed by atoms with E-state index in [9.17, 15) is 18.3 Å². The number of carboxylic acid groups (broad SMARTS) is 1. The lowest BCUT2D eigenvalue weighted by molar-refractivity contribution is 0.0697. The molecule has 0 aliphatic heterocycles. The van der Waals surface area contributed by atoms with E-state index in [4.69, 9.17) is 11.6 Å². The number of aromatic carboxylic acids is 1. The van der Waals surface area contributed by atoms with Crippen LogP contribution in [0.2, 0.25) is 5.02 Å². The number of anilines is 2. The molecule has 0 saturated carbocycles. The van der Waals surface area contributed by atoms with E-state index in [0.717, 1.165) is 18.4 Å². The van der Waals surface area contributed by atoms with E-state index < -0.39 is 16.0 Å². The number of nitrogens with zero attached hydrogens (tertiary/aromatic N) is 2. The van der Waals surface area contributed by atoms with E-state index in [1.165, 1.54) is 18.3 Å². The molecule has 0 unspecified atom stereocenters. The van der Waals surface area contributed by atoms with Crippen LogP contribution in [0.4, 0.5) is 11.5 Å². The van der Waals surface area contributed by atoms with Gasteiger partial charge in [0.1, 0.15) is 11.4 Å². The van der Waals surface area contributed by atoms with Crippen LogP contribution in [0.5, 0.6) is 0 Å². The largest absolute Gasteiger partial charge is 0.478 e. The summed E-state index contributed by atoms with van der Waals surface area (Å²) in [5, 5.41) is 10.2. The van der Waals surface area contributed by atoms with E-state index >= 15 is 0 Å². The van der Waals surface area contributed by atoms with Gasteiger partial charge in [0.25, 0.3) is 10.0 Å². The Morgan fingerprint density at radius 1 is 1.15 bits per heavy atom. The highest BCUT2D eigenvalue weighted by molar-refractivity contribution is 7.92. The summed E-state index contributed by atoms with van der Waals surface area (Å²) in [5.74, 6) is -0.895. The first-order valence-corrected chi connectivity index (χ1v) is 12.4. The van der Waals surface area contributed by atoms with Gasteiger partial charge < -0.3 is 10.0 Å². The Kier molecular flexibility index (Phi) is 7.94. The summed E-state index contributed by atoms with van der Waals surface area (Å²) in [6, 6.07) is 15.6. The maximum absolute atomic E-state index is 12.9. The summed E-state index contributed by atoms with van der Waals surface area (Å²) in [7, 11) is -3.99. The van der Waals surface area contributed by atoms with Crippen LogP contribution < -0.4 is 9.62 Å². The summed E-state index contributed by atoms with van der Waals surface area (Å²) < 4.78 is 28.2. The maximum Gasteiger partial charge on any atom is 0.339 e. The molecule has 2 aromatic carbocycles. The molecule has 174 valence electrons. The summed E-state index contributed by atoms with van der Waals surface area (Å²) in [6.45, 7) is 4.77. The molecule has 0 saturated heterocycles. The van der Waals surface area contributed by atoms with Crippen LogP contribution in [-0.2, 0) is 16.6 Å². The van der Waals surface area contributed by atoms with Crippen LogP contribution in [0, 0.1) is 6.92 Å². The van der Waals surface area contributed by atoms with Crippen molar-refractivity contribution in [2.45, 2.75) is 38.1 Å². The van der Waals surface area contributed by atoms with Gasteiger partial charge in [-0.15, -0.1) is 0 Å². The molecule has 9 heteroatoms. The Balaban J connectivity index is 1.96. The number of benzene rings is 2. The highest BCUT2D eigenvalue weighted by atomic mass is 35.5. The fraction of sp³-hybridized carbons (Fsp3) is 0.250. The Bertz CT molecular complexity index is 1230. The molecule has 0 amide bonds. The van der Waals surface area contributed by atoms with Crippen molar-refractivity contribution < 1.29 is 18.3 Å². The Morgan fingerprint density at radius 2 is 1.88 bits per heavy atom. The fourth-order valence-corrected chi connectivity index (χ4v) is 4.96. The molecule has 3 aromatic rings. The van der Waals surface area contributed by atoms with Gasteiger partial charge in [0.15, 0.2) is 0 Å². The Morgan fingerprint density at radius 3 is 2.55 bits per heavy atom. The van der Waals surface area contributed by atoms with Gasteiger partial charge in [-0.2, -0.15) is 0 Å². The predicted octanol–water partition coefficient (Wildman–Crippen LogP) is 5.35. The van der Waals surface area contributed by atoms with E-state index in [1.807, 2.05) is 35.2 Å². The van der Waals surface area contributed by atoms with Crippen LogP contribution in [0.3, 0.4) is 0 Å². The van der Waals surface area contributed by atoms with Gasteiger partial charge in [-0.25, -0.2) is 18.2 Å². The zero-order chi connectivity index (χ0) is 24.0. The molecular formula is C24H26ClN3O4S. The van der Waals surface area contributed by atoms with Crippen LogP contribution in [-0.4, -0.2) is 31.0 Å². The SMILES string of the molecule is CCCCN(Cc1ccccc1)c1ncc(NS(=O)(=O)c2cccc(Cl)c2C)cc1C(=O)O. The molecule has 0 bridgehead atoms. The van der Waals surface area contributed by atoms with Crippen molar-refractivity contribution >= 4 is 39.1 Å². The summed E-state index contributed by atoms with van der Waals surface area (Å²) >= 11 is 6.07. The number of sulfonamides is 1. The monoisotopic (exact) mass is 487 g/mol. The number of nitrogens with one attached hydrogen (secondary N) is 1. The zero-order valence-electron chi connectivity index (χ0n) is 18.5. The standard InChI is InChI=1S/C24H26ClN3O4S/c1-3-4-13-28(16-18-9-6-5-7-10-18)23-20(24(29)30)14-19(15-26-23)27-33(31,32)22-12-8-11-21(25)17(22)2/h5-12,14-15,27H,3-4,13,16H2,1-2H3,(H,29,30). The lowest BCUT2D eigenvalue weighted by Gasteiger charge is -2.25. The lowest BCUT2D eigenvalue weighted by Crippen LogP contribution is -2.27. The number of rotatable bonds is 10. The third-order valence-corrected chi connectivity index (χ3v) is 7.09. The van der Waals surface area contributed by atoms with Crippen LogP contribution >= 0.6 is 11.6 Å². The summed E-state index contributed by atoms with van der Waals surface area (Å²) in [5.41, 5.74) is 1.41. The van der Waals surface area contributed by atoms with Crippen molar-refractivity contribution in [3.63, 3.8) is 0 Å². The molecule has 7 nitrogen and oxygen atoms in total. The normalized spacial score (nSPS) is 11.2. The van der Waals surface area contributed by atoms with Gasteiger partial charge in [0.2, 0.25) is 0 Å². The van der Waals surface area contributed by atoms with Crippen molar-refractivity contribution in [3.05, 3.63) is 82.5 Å². The molecule has 33 heavy (non-hydrogen) atoms. The molecule has 0 aliphatic rings. The maximum atomic E-state index is 12.9. The first kappa shape index (κ1) is 24.5. The number of hydrogen-bond acceptors (Lipinski definition) is 5. The van der Waals surface area contributed by atoms with Crippen molar-refractivity contribution in [2.24, 2.45) is 0 Å². The Labute approximate surface area is 199 Å². The van der Waals surface area contributed by atoms with E-state index in [2.05, 4.69) is 16.6 Å². The summed E-state index contributed by atoms with van der Waals surface area (Å²) in [6.07, 6.45) is 3.13. The topological polar surface area (TPSA) is 99.6 Å². The van der Waals surface area contributed by atoms with Gasteiger partial charge in [-0.3, -0.25) is 4.72 Å². The van der Waals surface area contributed by atoms with Gasteiger partial charge >= 0.3 is 5.97 Å². The first-order chi connectivity index (χ1) is 15.7. The smallest absolute Gasteiger partial charge is 0.339 e. The third-order valence-electron chi connectivity index (χ3n) is 5.15. The van der Waals surface area contributed by atoms with E-state index in [0.29, 0.717) is 29.5 Å². The molecule has 3 rings (SSSR count). The van der Waals surface area contributed by atoms with E-state index in [1.54, 1.807) is 19.1 Å². The minimum atomic E-state index is -3.99. The fourth-order valence-electron chi connectivity index (χ4n) is 3.42. The average Bonchev–Trinajstić information content (AvgIpc) is 2.78. The highest BCUT2D eigenvalue weighted by Gasteiger charge is 2.22. The first-order valence-electron chi connectivity index (χ1n) is 10.5. The molecule has 2 N–H and O–H groups in total. The molecule has 1 heterocycles. The van der Waals surface area contributed by atoms with Crippen LogP contribution in [0.1, 0.15) is 41.3 Å². The lowest BCUT2D eigenvalue weighted by atomic mass is 10.1. The van der Waals surface area contributed by atoms with Crippen molar-refractivity contribution in [2.75, 3.05) is 16.2 Å². The minimum Gasteiger partial charge on any atom is -0.478 e. The van der Waals surface area contributed by atoms with Crippen molar-refractivity contribution in [1.29, 1.82) is 0 Å². The number of carboxylic acids is 1. The second-order valence-corrected chi connectivity index (χ2v) is 9.69. The van der Waals surface area contributed by atoms with Gasteiger partial charge in [-0.1, -0.05) is 61.3 Å². The number of pyridine rings is 1. The zero-order valence-corrected chi connectivity index (χ0v) is 20.0. The number of carbonyl (C=O) groups is 1. The number of halogens is 1. The number of unbranched alkanes of at least 4 members (excludes halogenated alkanes) is 1. The minimum absolute atomic E-state index is 0.0181. The second-order valence-electron chi connectivity index (χ2n) is 7.63. The molecule has 1 aromatic heterocycles. The van der Waals surface area contributed by atoms with Gasteiger partial charge in [-0.05, 0) is 42.7 Å². The number of hydrogen-bond donors (Lipinski definition) is 2.